The van der Waals surface area contributed by atoms with Crippen LogP contribution in [0.2, 0.25) is 0 Å². The maximum absolute atomic E-state index is 5.74. The van der Waals surface area contributed by atoms with E-state index in [1.807, 2.05) is 0 Å². The van der Waals surface area contributed by atoms with Crippen LogP contribution < -0.4 is 0 Å². The molecule has 8 bridgehead atoms. The molecule has 5 aliphatic carbocycles. The van der Waals surface area contributed by atoms with Crippen molar-refractivity contribution in [1.82, 2.24) is 73.5 Å². The number of rotatable bonds is 14. The molecule has 0 amide bonds. The average Bonchev–Trinajstić information content (AvgIpc) is 1.33. The van der Waals surface area contributed by atoms with Crippen LogP contribution in [0.1, 0.15) is 414 Å². The molecule has 18 aliphatic heterocycles. The van der Waals surface area contributed by atoms with Gasteiger partial charge in [0.2, 0.25) is 0 Å². The van der Waals surface area contributed by atoms with Crippen molar-refractivity contribution in [3.05, 3.63) is 0 Å². The summed E-state index contributed by atoms with van der Waals surface area (Å²) in [5.74, 6) is 8.20. The van der Waals surface area contributed by atoms with E-state index in [2.05, 4.69) is 288 Å². The lowest BCUT2D eigenvalue weighted by atomic mass is 9.63. The second kappa shape index (κ2) is 60.8. The molecule has 828 valence electrons. The van der Waals surface area contributed by atoms with Crippen LogP contribution in [-0.4, -0.2) is 397 Å². The molecule has 5 saturated carbocycles. The number of piperazine rings is 1. The number of piperidine rings is 3. The Labute approximate surface area is 877 Å². The third-order valence-electron chi connectivity index (χ3n) is 39.0. The SMILES string of the molecule is CC(C)N1C2CCC1COC2.CC(C)N1CC2(CCC2)C1.CC(C)N1CC2(CCC2)C1.CC(C)N1CC2CC1CO2.CC(C)N1CC2CCC(C1)O2.CC(C)N1CC2CCCC2C1.CC(C)N1CC2CCCC2C1.CC(C)N1CCC2CCCC21.CC(C)N1CCCCC1.CC(C)N1CCCCC1.CC(C)N1CCN2CCC1C2.CC1CCN(C(C)C)C1.CC1CCN(C(C)C)CC1.CC1CN(C(C)C)C1. The van der Waals surface area contributed by atoms with E-state index in [9.17, 15) is 0 Å². The number of hydrogen-bond donors (Lipinski definition) is 0. The molecule has 0 N–H and O–H groups in total. The summed E-state index contributed by atoms with van der Waals surface area (Å²) in [5.41, 5.74) is 1.65. The molecule has 23 aliphatic rings. The monoisotopic (exact) mass is 1980 g/mol. The maximum Gasteiger partial charge on any atom is 0.0718 e. The predicted octanol–water partition coefficient (Wildman–Crippen LogP) is 23.4. The van der Waals surface area contributed by atoms with Gasteiger partial charge in [0.15, 0.2) is 0 Å². The highest BCUT2D eigenvalue weighted by molar-refractivity contribution is 5.04. The number of nitrogens with zero attached hydrogens (tertiary/aromatic N) is 15. The molecule has 0 radical (unpaired) electrons. The van der Waals surface area contributed by atoms with Crippen molar-refractivity contribution >= 4 is 0 Å². The smallest absolute Gasteiger partial charge is 0.0718 e. The zero-order chi connectivity index (χ0) is 103. The molecule has 15 atom stereocenters. The van der Waals surface area contributed by atoms with Gasteiger partial charge in [0.1, 0.15) is 0 Å². The van der Waals surface area contributed by atoms with E-state index in [1.54, 1.807) is 0 Å². The fraction of sp³-hybridized carbons (Fsp3) is 1.00. The van der Waals surface area contributed by atoms with Crippen molar-refractivity contribution in [3.8, 4) is 0 Å². The van der Waals surface area contributed by atoms with Crippen LogP contribution in [-0.2, 0) is 14.2 Å². The molecule has 23 fully saturated rings. The summed E-state index contributed by atoms with van der Waals surface area (Å²) in [4.78, 5) is 38.8. The van der Waals surface area contributed by atoms with Crippen LogP contribution in [0.25, 0.3) is 0 Å². The third kappa shape index (κ3) is 38.7. The van der Waals surface area contributed by atoms with Gasteiger partial charge in [-0.2, -0.15) is 0 Å². The van der Waals surface area contributed by atoms with Gasteiger partial charge in [0.05, 0.1) is 38.1 Å². The summed E-state index contributed by atoms with van der Waals surface area (Å²) < 4.78 is 16.7. The number of morpholine rings is 3. The summed E-state index contributed by atoms with van der Waals surface area (Å²) >= 11 is 0. The molecular weight excluding hydrogens is 1740 g/mol. The summed E-state index contributed by atoms with van der Waals surface area (Å²) in [6, 6.07) is 14.6. The highest BCUT2D eigenvalue weighted by Gasteiger charge is 2.50. The first-order valence-corrected chi connectivity index (χ1v) is 62.1. The number of ether oxygens (including phenoxy) is 3. The van der Waals surface area contributed by atoms with Gasteiger partial charge in [-0.25, -0.2) is 0 Å². The van der Waals surface area contributed by atoms with Gasteiger partial charge < -0.3 is 53.4 Å². The Balaban J connectivity index is 0.000000156. The first-order chi connectivity index (χ1) is 67.1. The fourth-order valence-electron chi connectivity index (χ4n) is 28.7. The number of hydrogen-bond acceptors (Lipinski definition) is 18. The first kappa shape index (κ1) is 122. The minimum absolute atomic E-state index is 0.552. The van der Waals surface area contributed by atoms with Gasteiger partial charge in [-0.15, -0.1) is 0 Å². The number of likely N-dealkylation sites (tertiary alicyclic amines) is 12. The summed E-state index contributed by atoms with van der Waals surface area (Å²) in [5, 5.41) is 0. The van der Waals surface area contributed by atoms with Crippen molar-refractivity contribution in [1.29, 1.82) is 0 Å². The van der Waals surface area contributed by atoms with Crippen LogP contribution >= 0.6 is 0 Å². The zero-order valence-electron chi connectivity index (χ0n) is 99.7. The molecular formula is C123H243N15O3. The van der Waals surface area contributed by atoms with Crippen LogP contribution in [0, 0.1) is 58.2 Å². The van der Waals surface area contributed by atoms with E-state index in [0.717, 1.165) is 188 Å². The Hall–Kier alpha value is -0.720. The third-order valence-corrected chi connectivity index (χ3v) is 39.0. The minimum atomic E-state index is 0.552. The lowest BCUT2D eigenvalue weighted by molar-refractivity contribution is -0.0758. The quantitative estimate of drug-likeness (QED) is 0.165. The van der Waals surface area contributed by atoms with E-state index in [0.29, 0.717) is 36.4 Å². The van der Waals surface area contributed by atoms with Crippen LogP contribution in [0.5, 0.6) is 0 Å². The summed E-state index contributed by atoms with van der Waals surface area (Å²) in [7, 11) is 0. The Morgan fingerprint density at radius 2 is 0.603 bits per heavy atom. The molecule has 0 aromatic heterocycles. The molecule has 18 nitrogen and oxygen atoms in total. The van der Waals surface area contributed by atoms with Crippen LogP contribution in [0.3, 0.4) is 0 Å². The molecule has 15 unspecified atom stereocenters. The Morgan fingerprint density at radius 3 is 0.929 bits per heavy atom. The fourth-order valence-corrected chi connectivity index (χ4v) is 28.7. The second-order valence-electron chi connectivity index (χ2n) is 54.6. The van der Waals surface area contributed by atoms with Crippen molar-refractivity contribution in [2.75, 3.05) is 190 Å². The lowest BCUT2D eigenvalue weighted by Crippen LogP contribution is -2.61. The molecule has 2 spiro atoms. The van der Waals surface area contributed by atoms with Crippen molar-refractivity contribution in [2.24, 2.45) is 58.2 Å². The van der Waals surface area contributed by atoms with E-state index in [-0.39, 0.29) is 0 Å². The van der Waals surface area contributed by atoms with Crippen molar-refractivity contribution < 1.29 is 14.2 Å². The minimum Gasteiger partial charge on any atom is -0.378 e. The molecule has 0 aromatic carbocycles. The standard InChI is InChI=1S/3C10H19N.C9H18N2.2C9H17NO.2C9H17N.C9H19N.C8H15NO.3C8H17N.C7H15N/c2*1-8(2)11-6-9-4-3-5-10(9)7-11;1-8(2)11-7-6-9-4-3-5-10(9)11;1-8(2)11-6-5-10-4-3-9(11)7-10;1-7(2)10-8-3-4-9(10)6-11-5-8;1-7(2)10-5-8-3-4-9(6-10)11-8;2*1-8(2)10-6-9(7-10)4-3-5-9;1-8(2)10-6-4-9(3)5-7-10;1-6(2)9-4-8-3-7(9)5-10-8;1-7(2)9-5-4-8(3)6-9;2*1-8(2)9-6-4-3-5-7-9;1-6(2)8-4-7(3)5-8/h3*8-10H,3-7H2,1-2H3;8-9H,3-7H2,1-2H3;2*7-9H,3-6H2,1-2H3;2*8H,3-7H2,1-2H3;8-9H,4-7H2,1-3H3;6-8H,3-5H2,1-2H3;7-8H,4-6H2,1-3H3;2*8H,3-7H2,1-2H3;6-7H,4-5H2,1-3H3. The molecule has 18 saturated heterocycles. The zero-order valence-corrected chi connectivity index (χ0v) is 99.7. The predicted molar refractivity (Wildman–Crippen MR) is 607 cm³/mol. The number of fused-ring (bicyclic) bond motifs is 11. The molecule has 18 heterocycles. The second-order valence-corrected chi connectivity index (χ2v) is 54.6. The molecule has 18 heteroatoms. The largest absolute Gasteiger partial charge is 0.378 e. The van der Waals surface area contributed by atoms with Gasteiger partial charge >= 0.3 is 0 Å². The average molecular weight is 1980 g/mol. The normalized spacial score (nSPS) is 33.0. The summed E-state index contributed by atoms with van der Waals surface area (Å²) in [6.07, 6.45) is 46.4. The van der Waals surface area contributed by atoms with Gasteiger partial charge in [-0.3, -0.25) is 34.3 Å². The molecule has 0 aromatic rings. The van der Waals surface area contributed by atoms with Crippen LogP contribution in [0.4, 0.5) is 0 Å². The van der Waals surface area contributed by atoms with Gasteiger partial charge in [0.25, 0.3) is 0 Å². The Morgan fingerprint density at radius 1 is 0.220 bits per heavy atom. The highest BCUT2D eigenvalue weighted by atomic mass is 16.5. The van der Waals surface area contributed by atoms with Crippen molar-refractivity contribution in [2.45, 2.75) is 547 Å². The summed E-state index contributed by atoms with van der Waals surface area (Å²) in [6.45, 7) is 109. The molecule has 141 heavy (non-hydrogen) atoms. The molecule has 23 rings (SSSR count). The Kier molecular flexibility index (Phi) is 52.7. The Bertz CT molecular complexity index is 3090. The van der Waals surface area contributed by atoms with Crippen LogP contribution in [0.15, 0.2) is 0 Å². The van der Waals surface area contributed by atoms with Crippen molar-refractivity contribution in [3.63, 3.8) is 0 Å². The topological polar surface area (TPSA) is 76.3 Å². The van der Waals surface area contributed by atoms with E-state index in [1.165, 1.54) is 356 Å². The van der Waals surface area contributed by atoms with Gasteiger partial charge in [-0.05, 0) is 465 Å². The lowest BCUT2D eigenvalue weighted by Gasteiger charge is -2.57. The van der Waals surface area contributed by atoms with E-state index < -0.39 is 0 Å². The van der Waals surface area contributed by atoms with E-state index >= 15 is 0 Å². The highest BCUT2D eigenvalue weighted by Crippen LogP contribution is 2.50. The first-order valence-electron chi connectivity index (χ1n) is 62.1. The van der Waals surface area contributed by atoms with E-state index in [4.69, 9.17) is 14.2 Å². The van der Waals surface area contributed by atoms with Gasteiger partial charge in [-0.1, -0.05) is 65.7 Å². The van der Waals surface area contributed by atoms with Gasteiger partial charge in [0, 0.05) is 226 Å². The maximum atomic E-state index is 5.74.